The molecular formula is C29H37N7O4S. The highest BCUT2D eigenvalue weighted by atomic mass is 32.2. The number of rotatable bonds is 8. The number of sulfonamides is 1. The van der Waals surface area contributed by atoms with Gasteiger partial charge in [-0.05, 0) is 68.5 Å². The van der Waals surface area contributed by atoms with Gasteiger partial charge in [-0.2, -0.15) is 5.10 Å². The minimum Gasteiger partial charge on any atom is -0.492 e. The van der Waals surface area contributed by atoms with Crippen LogP contribution >= 0.6 is 0 Å². The fourth-order valence-electron chi connectivity index (χ4n) is 4.54. The first kappa shape index (κ1) is 29.8. The van der Waals surface area contributed by atoms with Gasteiger partial charge in [0.1, 0.15) is 5.69 Å². The molecule has 12 heteroatoms. The van der Waals surface area contributed by atoms with Crippen LogP contribution in [0.2, 0.25) is 0 Å². The summed E-state index contributed by atoms with van der Waals surface area (Å²) < 4.78 is 35.7. The van der Waals surface area contributed by atoms with Crippen LogP contribution < -0.4 is 14.8 Å². The second-order valence-corrected chi connectivity index (χ2v) is 13.2. The van der Waals surface area contributed by atoms with Crippen molar-refractivity contribution < 1.29 is 17.9 Å². The molecule has 0 atom stereocenters. The summed E-state index contributed by atoms with van der Waals surface area (Å²) in [5.74, 6) is -0.183. The van der Waals surface area contributed by atoms with E-state index in [-0.39, 0.29) is 22.9 Å². The van der Waals surface area contributed by atoms with Gasteiger partial charge in [0.15, 0.2) is 5.75 Å². The van der Waals surface area contributed by atoms with Crippen LogP contribution in [0.4, 0.5) is 11.4 Å². The number of amides is 1. The summed E-state index contributed by atoms with van der Waals surface area (Å²) in [7, 11) is -2.17. The number of methoxy groups -OCH3 is 1. The van der Waals surface area contributed by atoms with Crippen LogP contribution in [-0.4, -0.2) is 52.5 Å². The van der Waals surface area contributed by atoms with Crippen molar-refractivity contribution in [2.45, 2.75) is 59.9 Å². The van der Waals surface area contributed by atoms with Crippen molar-refractivity contribution in [2.24, 2.45) is 0 Å². The number of carbonyl (C=O) groups is 1. The molecule has 0 saturated carbocycles. The molecule has 41 heavy (non-hydrogen) atoms. The maximum Gasteiger partial charge on any atom is 0.255 e. The van der Waals surface area contributed by atoms with Gasteiger partial charge in [-0.1, -0.05) is 32.1 Å². The molecular weight excluding hydrogens is 542 g/mol. The number of anilines is 2. The molecule has 0 aliphatic heterocycles. The predicted molar refractivity (Wildman–Crippen MR) is 161 cm³/mol. The maximum atomic E-state index is 13.5. The van der Waals surface area contributed by atoms with Crippen LogP contribution in [0.5, 0.6) is 5.75 Å². The average molecular weight is 580 g/mol. The zero-order valence-corrected chi connectivity index (χ0v) is 25.7. The Morgan fingerprint density at radius 2 is 1.76 bits per heavy atom. The quantitative estimate of drug-likeness (QED) is 0.291. The fourth-order valence-corrected chi connectivity index (χ4v) is 5.09. The second-order valence-electron chi connectivity index (χ2n) is 11.4. The molecule has 2 N–H and O–H groups in total. The van der Waals surface area contributed by atoms with E-state index in [4.69, 9.17) is 4.74 Å². The van der Waals surface area contributed by atoms with E-state index in [9.17, 15) is 13.2 Å². The summed E-state index contributed by atoms with van der Waals surface area (Å²) in [4.78, 5) is 13.5. The predicted octanol–water partition coefficient (Wildman–Crippen LogP) is 5.26. The van der Waals surface area contributed by atoms with Gasteiger partial charge in [0.05, 0.1) is 42.8 Å². The molecule has 0 bridgehead atoms. The Balaban J connectivity index is 1.70. The minimum absolute atomic E-state index is 0.211. The minimum atomic E-state index is -3.60. The highest BCUT2D eigenvalue weighted by molar-refractivity contribution is 7.92. The third-order valence-corrected chi connectivity index (χ3v) is 7.31. The number of nitrogens with one attached hydrogen (secondary N) is 2. The van der Waals surface area contributed by atoms with Crippen LogP contribution in [0.25, 0.3) is 16.9 Å². The maximum absolute atomic E-state index is 13.5. The van der Waals surface area contributed by atoms with E-state index in [2.05, 4.69) is 39.3 Å². The standard InChI is InChI=1S/C29H37N7O4S/c1-17(2)36-19(4)22(15-30-36)25-16-35(34-32-25)26-12-20(11-10-18(26)3)28(37)31-23-13-21(29(5,6)7)14-24(27(23)40-8)33-41(9,38)39/h10-17,33H,1-9H3,(H,31,37). The van der Waals surface area contributed by atoms with Crippen LogP contribution in [0.15, 0.2) is 42.7 Å². The zero-order chi connectivity index (χ0) is 30.3. The first-order valence-corrected chi connectivity index (χ1v) is 15.1. The lowest BCUT2D eigenvalue weighted by molar-refractivity contribution is 0.102. The van der Waals surface area contributed by atoms with Gasteiger partial charge >= 0.3 is 0 Å². The third-order valence-electron chi connectivity index (χ3n) is 6.72. The van der Waals surface area contributed by atoms with Crippen LogP contribution in [-0.2, 0) is 15.4 Å². The topological polar surface area (TPSA) is 133 Å². The van der Waals surface area contributed by atoms with Gasteiger partial charge in [0.2, 0.25) is 10.0 Å². The molecule has 0 unspecified atom stereocenters. The van der Waals surface area contributed by atoms with E-state index in [1.54, 1.807) is 35.1 Å². The van der Waals surface area contributed by atoms with E-state index in [1.165, 1.54) is 7.11 Å². The molecule has 0 fully saturated rings. The molecule has 218 valence electrons. The lowest BCUT2D eigenvalue weighted by Gasteiger charge is -2.24. The molecule has 0 aliphatic carbocycles. The van der Waals surface area contributed by atoms with Crippen molar-refractivity contribution >= 4 is 27.3 Å². The largest absolute Gasteiger partial charge is 0.492 e. The Morgan fingerprint density at radius 1 is 1.07 bits per heavy atom. The van der Waals surface area contributed by atoms with Gasteiger partial charge in [0.25, 0.3) is 5.91 Å². The van der Waals surface area contributed by atoms with E-state index >= 15 is 0 Å². The van der Waals surface area contributed by atoms with Crippen molar-refractivity contribution in [2.75, 3.05) is 23.4 Å². The van der Waals surface area contributed by atoms with Gasteiger partial charge < -0.3 is 10.1 Å². The Hall–Kier alpha value is -4.19. The molecule has 0 saturated heterocycles. The summed E-state index contributed by atoms with van der Waals surface area (Å²) in [6, 6.07) is 9.03. The Bertz CT molecular complexity index is 1710. The van der Waals surface area contributed by atoms with Gasteiger partial charge in [-0.25, -0.2) is 13.1 Å². The van der Waals surface area contributed by atoms with Crippen molar-refractivity contribution in [3.05, 3.63) is 65.1 Å². The van der Waals surface area contributed by atoms with Crippen LogP contribution in [0.3, 0.4) is 0 Å². The van der Waals surface area contributed by atoms with Crippen LogP contribution in [0, 0.1) is 13.8 Å². The highest BCUT2D eigenvalue weighted by Crippen LogP contribution is 2.39. The summed E-state index contributed by atoms with van der Waals surface area (Å²) in [6.07, 6.45) is 4.67. The summed E-state index contributed by atoms with van der Waals surface area (Å²) in [5, 5.41) is 16.1. The van der Waals surface area contributed by atoms with Crippen molar-refractivity contribution in [1.82, 2.24) is 24.8 Å². The molecule has 2 aromatic carbocycles. The van der Waals surface area contributed by atoms with E-state index in [0.717, 1.165) is 28.6 Å². The number of hydrogen-bond donors (Lipinski definition) is 2. The van der Waals surface area contributed by atoms with E-state index < -0.39 is 15.9 Å². The zero-order valence-electron chi connectivity index (χ0n) is 24.9. The lowest BCUT2D eigenvalue weighted by atomic mass is 9.86. The number of hydrogen-bond acceptors (Lipinski definition) is 7. The first-order chi connectivity index (χ1) is 19.1. The summed E-state index contributed by atoms with van der Waals surface area (Å²) in [5.41, 5.74) is 5.62. The fraction of sp³-hybridized carbons (Fsp3) is 0.379. The van der Waals surface area contributed by atoms with E-state index in [1.807, 2.05) is 51.6 Å². The van der Waals surface area contributed by atoms with Gasteiger partial charge in [-0.3, -0.25) is 14.2 Å². The normalized spacial score (nSPS) is 12.0. The number of nitrogens with zero attached hydrogens (tertiary/aromatic N) is 5. The summed E-state index contributed by atoms with van der Waals surface area (Å²) >= 11 is 0. The number of ether oxygens (including phenoxy) is 1. The van der Waals surface area contributed by atoms with Crippen molar-refractivity contribution in [1.29, 1.82) is 0 Å². The Morgan fingerprint density at radius 3 is 2.34 bits per heavy atom. The smallest absolute Gasteiger partial charge is 0.255 e. The molecule has 0 radical (unpaired) electrons. The molecule has 2 heterocycles. The Kier molecular flexibility index (Phi) is 7.99. The summed E-state index contributed by atoms with van der Waals surface area (Å²) in [6.45, 7) is 14.1. The molecule has 0 aliphatic rings. The van der Waals surface area contributed by atoms with Gasteiger partial charge in [0, 0.05) is 22.9 Å². The first-order valence-electron chi connectivity index (χ1n) is 13.2. The number of carbonyl (C=O) groups excluding carboxylic acids is 1. The Labute approximate surface area is 241 Å². The molecule has 2 aromatic heterocycles. The molecule has 11 nitrogen and oxygen atoms in total. The number of benzene rings is 2. The van der Waals surface area contributed by atoms with Crippen molar-refractivity contribution in [3.63, 3.8) is 0 Å². The van der Waals surface area contributed by atoms with Crippen LogP contribution in [0.1, 0.15) is 67.8 Å². The highest BCUT2D eigenvalue weighted by Gasteiger charge is 2.23. The monoisotopic (exact) mass is 579 g/mol. The average Bonchev–Trinajstić information content (AvgIpc) is 3.49. The van der Waals surface area contributed by atoms with E-state index in [0.29, 0.717) is 22.6 Å². The molecule has 4 aromatic rings. The number of aryl methyl sites for hydroxylation is 1. The SMILES string of the molecule is COc1c(NC(=O)c2ccc(C)c(-n3cc(-c4cnn(C(C)C)c4C)nn3)c2)cc(C(C)(C)C)cc1NS(C)(=O)=O. The third kappa shape index (κ3) is 6.43. The molecule has 0 spiro atoms. The second kappa shape index (κ2) is 11.0. The molecule has 1 amide bonds. The molecule has 4 rings (SSSR count). The lowest BCUT2D eigenvalue weighted by Crippen LogP contribution is -2.18. The van der Waals surface area contributed by atoms with Gasteiger partial charge in [-0.15, -0.1) is 5.10 Å². The van der Waals surface area contributed by atoms with Crippen molar-refractivity contribution in [3.8, 4) is 22.7 Å². The number of aromatic nitrogens is 5.